The molecule has 2 aromatic rings. The van der Waals surface area contributed by atoms with E-state index in [2.05, 4.69) is 55.6 Å². The quantitative estimate of drug-likeness (QED) is 0.490. The standard InChI is InChI=1S/C15H15ClNTe.ClH/c1-17-10-12-6-2-4-8-14(12)18(17,16)15-9-5-3-7-13(15)11-17;/h2-9H,10-11H2,1H3;1H/q+1;/p-1. The first-order chi connectivity index (χ1) is 8.65. The molecule has 0 aromatic heterocycles. The molecule has 0 atom stereocenters. The van der Waals surface area contributed by atoms with Crippen molar-refractivity contribution < 1.29 is 15.1 Å². The summed E-state index contributed by atoms with van der Waals surface area (Å²) in [7, 11) is 9.69. The number of quaternary nitrogens is 1. The van der Waals surface area contributed by atoms with E-state index in [1.54, 1.807) is 0 Å². The number of hydrogen-bond acceptors (Lipinski definition) is 0. The zero-order valence-corrected chi connectivity index (χ0v) is 14.5. The van der Waals surface area contributed by atoms with Gasteiger partial charge in [-0.05, 0) is 0 Å². The summed E-state index contributed by atoms with van der Waals surface area (Å²) < 4.78 is 4.02. The Hall–Kier alpha value is -0.230. The minimum atomic E-state index is -2.74. The third kappa shape index (κ3) is 1.59. The monoisotopic (exact) mass is 409 g/mol. The van der Waals surface area contributed by atoms with Gasteiger partial charge >= 0.3 is 116 Å². The third-order valence-corrected chi connectivity index (χ3v) is 18.4. The van der Waals surface area contributed by atoms with Crippen molar-refractivity contribution >= 4 is 33.5 Å². The molecule has 2 heterocycles. The van der Waals surface area contributed by atoms with E-state index in [0.29, 0.717) is 0 Å². The van der Waals surface area contributed by atoms with Crippen molar-refractivity contribution in [3.05, 3.63) is 59.7 Å². The van der Waals surface area contributed by atoms with Crippen LogP contribution in [0.25, 0.3) is 0 Å². The second-order valence-electron chi connectivity index (χ2n) is 5.34. The van der Waals surface area contributed by atoms with Gasteiger partial charge in [-0.25, -0.2) is 0 Å². The summed E-state index contributed by atoms with van der Waals surface area (Å²) in [4.78, 5) is 0. The van der Waals surface area contributed by atoms with Gasteiger partial charge in [0.1, 0.15) is 0 Å². The zero-order chi connectivity index (χ0) is 12.4. The van der Waals surface area contributed by atoms with E-state index in [1.165, 1.54) is 18.3 Å². The average Bonchev–Trinajstić information content (AvgIpc) is 2.72. The molecular formula is C15H15Cl2NTe. The molecule has 0 amide bonds. The van der Waals surface area contributed by atoms with E-state index >= 15 is 0 Å². The van der Waals surface area contributed by atoms with Crippen LogP contribution >= 0.6 is 8.96 Å². The van der Waals surface area contributed by atoms with Gasteiger partial charge in [0.15, 0.2) is 0 Å². The molecule has 1 nitrogen and oxygen atoms in total. The molecule has 0 saturated carbocycles. The first-order valence-electron chi connectivity index (χ1n) is 6.19. The predicted octanol–water partition coefficient (Wildman–Crippen LogP) is -1.04. The van der Waals surface area contributed by atoms with E-state index < -0.39 is 17.3 Å². The van der Waals surface area contributed by atoms with Crippen molar-refractivity contribution in [2.24, 2.45) is 0 Å². The van der Waals surface area contributed by atoms with E-state index in [9.17, 15) is 0 Å². The largest absolute Gasteiger partial charge is 1.00 e. The van der Waals surface area contributed by atoms with Crippen LogP contribution in [0.3, 0.4) is 0 Å². The number of fused-ring (bicyclic) bond motifs is 5. The maximum Gasteiger partial charge on any atom is -1.00 e. The van der Waals surface area contributed by atoms with E-state index in [4.69, 9.17) is 8.96 Å². The van der Waals surface area contributed by atoms with Crippen LogP contribution in [0.5, 0.6) is 0 Å². The first-order valence-corrected chi connectivity index (χ1v) is 12.5. The summed E-state index contributed by atoms with van der Waals surface area (Å²) in [6.45, 7) is 2.21. The molecule has 2 aliphatic heterocycles. The number of hydrogen-bond donors (Lipinski definition) is 0. The van der Waals surface area contributed by atoms with Gasteiger partial charge in [0.05, 0.1) is 0 Å². The van der Waals surface area contributed by atoms with Crippen LogP contribution in [0.1, 0.15) is 11.1 Å². The molecule has 100 valence electrons. The van der Waals surface area contributed by atoms with Crippen molar-refractivity contribution in [3.63, 3.8) is 0 Å². The summed E-state index contributed by atoms with van der Waals surface area (Å²) in [6, 6.07) is 17.6. The Morgan fingerprint density at radius 1 is 0.895 bits per heavy atom. The molecule has 0 saturated heterocycles. The van der Waals surface area contributed by atoms with Crippen LogP contribution in [0.2, 0.25) is 0 Å². The van der Waals surface area contributed by atoms with Gasteiger partial charge in [-0.1, -0.05) is 0 Å². The van der Waals surface area contributed by atoms with Gasteiger partial charge in [0.2, 0.25) is 0 Å². The Bertz CT molecular complexity index is 607. The van der Waals surface area contributed by atoms with E-state index in [1.807, 2.05) is 0 Å². The number of halogens is 2. The van der Waals surface area contributed by atoms with Gasteiger partial charge in [-0.2, -0.15) is 0 Å². The minimum absolute atomic E-state index is 0. The van der Waals surface area contributed by atoms with Crippen LogP contribution < -0.4 is 19.6 Å². The molecule has 2 aromatic carbocycles. The van der Waals surface area contributed by atoms with Gasteiger partial charge in [-0.3, -0.25) is 0 Å². The fraction of sp³-hybridized carbons (Fsp3) is 0.200. The molecular weight excluding hydrogens is 393 g/mol. The average molecular weight is 408 g/mol. The Balaban J connectivity index is 0.00000110. The predicted molar refractivity (Wildman–Crippen MR) is 77.4 cm³/mol. The number of rotatable bonds is 0. The van der Waals surface area contributed by atoms with Gasteiger partial charge < -0.3 is 12.4 Å². The van der Waals surface area contributed by atoms with Crippen LogP contribution in [-0.4, -0.2) is 27.1 Å². The normalized spacial score (nSPS) is 33.6. The number of benzene rings is 2. The van der Waals surface area contributed by atoms with Gasteiger partial charge in [-0.15, -0.1) is 0 Å². The molecule has 0 radical (unpaired) electrons. The third-order valence-electron chi connectivity index (χ3n) is 4.15. The maximum absolute atomic E-state index is 7.33. The molecule has 4 heteroatoms. The maximum atomic E-state index is 7.33. The molecule has 19 heavy (non-hydrogen) atoms. The van der Waals surface area contributed by atoms with Crippen LogP contribution in [0.15, 0.2) is 48.5 Å². The van der Waals surface area contributed by atoms with Crippen LogP contribution in [-0.2, 0) is 13.1 Å². The Morgan fingerprint density at radius 2 is 1.32 bits per heavy atom. The topological polar surface area (TPSA) is 0 Å². The zero-order valence-electron chi connectivity index (χ0n) is 10.6. The molecule has 0 unspecified atom stereocenters. The second kappa shape index (κ2) is 4.38. The van der Waals surface area contributed by atoms with Crippen LogP contribution in [0.4, 0.5) is 0 Å². The summed E-state index contributed by atoms with van der Waals surface area (Å²) in [5.74, 6) is 0. The molecule has 0 N–H and O–H groups in total. The summed E-state index contributed by atoms with van der Waals surface area (Å²) in [5, 5.41) is 0. The van der Waals surface area contributed by atoms with Crippen molar-refractivity contribution in [1.29, 1.82) is 0 Å². The molecule has 0 aliphatic carbocycles. The van der Waals surface area contributed by atoms with Crippen molar-refractivity contribution in [1.82, 2.24) is 0 Å². The Morgan fingerprint density at radius 3 is 1.79 bits per heavy atom. The Kier molecular flexibility index (Phi) is 3.17. The van der Waals surface area contributed by atoms with Gasteiger partial charge in [0.25, 0.3) is 0 Å². The van der Waals surface area contributed by atoms with Crippen LogP contribution in [0, 0.1) is 0 Å². The summed E-state index contributed by atoms with van der Waals surface area (Å²) >= 11 is -2.74. The Labute approximate surface area is 128 Å². The minimum Gasteiger partial charge on any atom is -1.00 e. The first kappa shape index (κ1) is 13.7. The summed E-state index contributed by atoms with van der Waals surface area (Å²) in [6.07, 6.45) is 0. The molecule has 0 spiro atoms. The van der Waals surface area contributed by atoms with Crippen molar-refractivity contribution in [2.75, 3.05) is 7.05 Å². The molecule has 0 fully saturated rings. The number of nitrogens with zero attached hydrogens (tertiary/aromatic N) is 1. The van der Waals surface area contributed by atoms with Gasteiger partial charge in [0, 0.05) is 0 Å². The molecule has 2 aliphatic rings. The summed E-state index contributed by atoms with van der Waals surface area (Å²) in [5.41, 5.74) is 2.96. The van der Waals surface area contributed by atoms with Crippen molar-refractivity contribution in [2.45, 2.75) is 13.1 Å². The fourth-order valence-electron chi connectivity index (χ4n) is 3.34. The molecule has 4 rings (SSSR count). The van der Waals surface area contributed by atoms with E-state index in [-0.39, 0.29) is 12.4 Å². The smallest absolute Gasteiger partial charge is 1.00 e. The molecule has 0 bridgehead atoms. The fourth-order valence-corrected chi connectivity index (χ4v) is 15.4. The van der Waals surface area contributed by atoms with E-state index in [0.717, 1.165) is 15.8 Å². The SMILES string of the molecule is C[N+]12Cc3ccccc3[Te]1(Cl)c1ccccc1C2.[Cl-]. The van der Waals surface area contributed by atoms with Crippen molar-refractivity contribution in [3.8, 4) is 0 Å². The second-order valence-corrected chi connectivity index (χ2v) is 16.3.